The fourth-order valence-electron chi connectivity index (χ4n) is 0.856. The minimum absolute atomic E-state index is 0.0201. The lowest BCUT2D eigenvalue weighted by Crippen LogP contribution is -2.09. The van der Waals surface area contributed by atoms with Crippen LogP contribution in [-0.2, 0) is 4.79 Å². The summed E-state index contributed by atoms with van der Waals surface area (Å²) in [4.78, 5) is 20.0. The van der Waals surface area contributed by atoms with Crippen molar-refractivity contribution in [2.45, 2.75) is 0 Å². The predicted octanol–water partition coefficient (Wildman–Crippen LogP) is 1.71. The predicted molar refractivity (Wildman–Crippen MR) is 51.2 cm³/mol. The van der Waals surface area contributed by atoms with Crippen molar-refractivity contribution in [3.05, 3.63) is 33.3 Å². The van der Waals surface area contributed by atoms with Crippen LogP contribution in [0.5, 0.6) is 5.75 Å². The Labute approximate surface area is 89.2 Å². The maximum Gasteiger partial charge on any atom is 0.341 e. The van der Waals surface area contributed by atoms with Crippen LogP contribution in [0.2, 0.25) is 5.02 Å². The summed E-state index contributed by atoms with van der Waals surface area (Å²) in [7, 11) is 0. The number of hydrogen-bond acceptors (Lipinski definition) is 4. The molecule has 1 N–H and O–H groups in total. The molecule has 0 bridgehead atoms. The maximum atomic E-state index is 10.4. The van der Waals surface area contributed by atoms with E-state index in [1.807, 2.05) is 0 Å². The van der Waals surface area contributed by atoms with Gasteiger partial charge in [0, 0.05) is 6.07 Å². The van der Waals surface area contributed by atoms with Crippen LogP contribution in [0.4, 0.5) is 5.69 Å². The topological polar surface area (TPSA) is 89.7 Å². The van der Waals surface area contributed by atoms with Crippen LogP contribution in [0.3, 0.4) is 0 Å². The number of nitro benzene ring substituents is 1. The maximum absolute atomic E-state index is 10.4. The van der Waals surface area contributed by atoms with E-state index < -0.39 is 17.5 Å². The normalized spacial score (nSPS) is 9.67. The van der Waals surface area contributed by atoms with Gasteiger partial charge in [0.05, 0.1) is 16.0 Å². The highest BCUT2D eigenvalue weighted by atomic mass is 35.5. The van der Waals surface area contributed by atoms with Crippen LogP contribution in [0.25, 0.3) is 0 Å². The van der Waals surface area contributed by atoms with Crippen LogP contribution in [-0.4, -0.2) is 22.6 Å². The number of non-ortho nitro benzene ring substituents is 1. The second kappa shape index (κ2) is 4.61. The van der Waals surface area contributed by atoms with E-state index in [9.17, 15) is 14.9 Å². The van der Waals surface area contributed by atoms with E-state index in [1.54, 1.807) is 0 Å². The number of carboxylic acid groups (broad SMARTS) is 1. The third-order valence-corrected chi connectivity index (χ3v) is 1.79. The van der Waals surface area contributed by atoms with E-state index in [0.29, 0.717) is 0 Å². The standard InChI is InChI=1S/C8H6ClNO5/c9-6-2-1-5(10(13)14)3-7(6)15-4-8(11)12/h1-3H,4H2,(H,11,12). The first kappa shape index (κ1) is 11.3. The van der Waals surface area contributed by atoms with Crippen molar-refractivity contribution in [2.24, 2.45) is 0 Å². The Bertz CT molecular complexity index is 406. The van der Waals surface area contributed by atoms with Crippen LogP contribution in [0, 0.1) is 10.1 Å². The second-order valence-corrected chi connectivity index (χ2v) is 2.96. The highest BCUT2D eigenvalue weighted by Gasteiger charge is 2.11. The van der Waals surface area contributed by atoms with Gasteiger partial charge in [-0.05, 0) is 6.07 Å². The third-order valence-electron chi connectivity index (χ3n) is 1.48. The number of nitrogens with zero attached hydrogens (tertiary/aromatic N) is 1. The summed E-state index contributed by atoms with van der Waals surface area (Å²) < 4.78 is 4.75. The van der Waals surface area contributed by atoms with Crippen molar-refractivity contribution in [3.63, 3.8) is 0 Å². The molecule has 1 aromatic rings. The lowest BCUT2D eigenvalue weighted by Gasteiger charge is -2.04. The van der Waals surface area contributed by atoms with Crippen molar-refractivity contribution in [2.75, 3.05) is 6.61 Å². The summed E-state index contributed by atoms with van der Waals surface area (Å²) in [6, 6.07) is 3.55. The summed E-state index contributed by atoms with van der Waals surface area (Å²) in [5.74, 6) is -1.20. The zero-order valence-electron chi connectivity index (χ0n) is 7.34. The number of rotatable bonds is 4. The molecule has 0 heterocycles. The zero-order valence-corrected chi connectivity index (χ0v) is 8.10. The molecule has 0 saturated carbocycles. The molecule has 1 aromatic carbocycles. The van der Waals surface area contributed by atoms with Crippen LogP contribution >= 0.6 is 11.6 Å². The molecule has 0 radical (unpaired) electrons. The SMILES string of the molecule is O=C(O)COc1cc([N+](=O)[O-])ccc1Cl. The molecule has 0 unspecified atom stereocenters. The first-order chi connectivity index (χ1) is 7.00. The highest BCUT2D eigenvalue weighted by molar-refractivity contribution is 6.32. The highest BCUT2D eigenvalue weighted by Crippen LogP contribution is 2.28. The van der Waals surface area contributed by atoms with Crippen molar-refractivity contribution in [3.8, 4) is 5.75 Å². The van der Waals surface area contributed by atoms with E-state index in [0.717, 1.165) is 6.07 Å². The van der Waals surface area contributed by atoms with Gasteiger partial charge in [0.15, 0.2) is 6.61 Å². The fraction of sp³-hybridized carbons (Fsp3) is 0.125. The number of benzene rings is 1. The van der Waals surface area contributed by atoms with Gasteiger partial charge in [-0.1, -0.05) is 11.6 Å². The molecule has 0 aliphatic carbocycles. The fourth-order valence-corrected chi connectivity index (χ4v) is 1.03. The van der Waals surface area contributed by atoms with E-state index in [-0.39, 0.29) is 16.5 Å². The minimum Gasteiger partial charge on any atom is -0.480 e. The Morgan fingerprint density at radius 3 is 2.80 bits per heavy atom. The Morgan fingerprint density at radius 1 is 1.60 bits per heavy atom. The monoisotopic (exact) mass is 231 g/mol. The largest absolute Gasteiger partial charge is 0.480 e. The number of hydrogen-bond donors (Lipinski definition) is 1. The number of nitro groups is 1. The van der Waals surface area contributed by atoms with Crippen molar-refractivity contribution >= 4 is 23.3 Å². The van der Waals surface area contributed by atoms with Gasteiger partial charge in [0.2, 0.25) is 0 Å². The number of carbonyl (C=O) groups is 1. The zero-order chi connectivity index (χ0) is 11.4. The van der Waals surface area contributed by atoms with Gasteiger partial charge in [-0.25, -0.2) is 4.79 Å². The number of halogens is 1. The molecule has 0 aliphatic heterocycles. The molecular weight excluding hydrogens is 226 g/mol. The lowest BCUT2D eigenvalue weighted by atomic mass is 10.3. The van der Waals surface area contributed by atoms with E-state index in [4.69, 9.17) is 21.4 Å². The van der Waals surface area contributed by atoms with Crippen LogP contribution in [0.1, 0.15) is 0 Å². The van der Waals surface area contributed by atoms with Crippen molar-refractivity contribution in [1.82, 2.24) is 0 Å². The molecule has 0 saturated heterocycles. The molecule has 0 amide bonds. The van der Waals surface area contributed by atoms with Crippen LogP contribution in [0.15, 0.2) is 18.2 Å². The Hall–Kier alpha value is -1.82. The Kier molecular flexibility index (Phi) is 3.46. The molecule has 0 atom stereocenters. The van der Waals surface area contributed by atoms with Gasteiger partial charge >= 0.3 is 5.97 Å². The summed E-state index contributed by atoms with van der Waals surface area (Å²) >= 11 is 5.64. The molecule has 1 rings (SSSR count). The van der Waals surface area contributed by atoms with E-state index in [1.165, 1.54) is 12.1 Å². The number of ether oxygens (including phenoxy) is 1. The second-order valence-electron chi connectivity index (χ2n) is 2.55. The molecule has 15 heavy (non-hydrogen) atoms. The van der Waals surface area contributed by atoms with Gasteiger partial charge in [-0.3, -0.25) is 10.1 Å². The summed E-state index contributed by atoms with van der Waals surface area (Å²) in [6.07, 6.45) is 0. The molecule has 0 aliphatic rings. The molecule has 0 aromatic heterocycles. The average molecular weight is 232 g/mol. The van der Waals surface area contributed by atoms with Crippen LogP contribution < -0.4 is 4.74 Å². The molecular formula is C8H6ClNO5. The van der Waals surface area contributed by atoms with Gasteiger partial charge in [0.25, 0.3) is 5.69 Å². The molecule has 80 valence electrons. The summed E-state index contributed by atoms with van der Waals surface area (Å²) in [6.45, 7) is -0.596. The average Bonchev–Trinajstić information content (AvgIpc) is 2.16. The first-order valence-electron chi connectivity index (χ1n) is 3.79. The van der Waals surface area contributed by atoms with Gasteiger partial charge < -0.3 is 9.84 Å². The van der Waals surface area contributed by atoms with Crippen molar-refractivity contribution in [1.29, 1.82) is 0 Å². The van der Waals surface area contributed by atoms with Gasteiger partial charge in [-0.2, -0.15) is 0 Å². The Balaban J connectivity index is 2.90. The first-order valence-corrected chi connectivity index (χ1v) is 4.17. The molecule has 0 fully saturated rings. The molecule has 6 nitrogen and oxygen atoms in total. The lowest BCUT2D eigenvalue weighted by molar-refractivity contribution is -0.384. The van der Waals surface area contributed by atoms with E-state index in [2.05, 4.69) is 0 Å². The molecule has 7 heteroatoms. The smallest absolute Gasteiger partial charge is 0.341 e. The number of carboxylic acids is 1. The van der Waals surface area contributed by atoms with E-state index >= 15 is 0 Å². The van der Waals surface area contributed by atoms with Gasteiger partial charge in [-0.15, -0.1) is 0 Å². The molecule has 0 spiro atoms. The minimum atomic E-state index is -1.18. The number of aliphatic carboxylic acids is 1. The summed E-state index contributed by atoms with van der Waals surface area (Å²) in [5.41, 5.74) is -0.209. The quantitative estimate of drug-likeness (QED) is 0.629. The summed E-state index contributed by atoms with van der Waals surface area (Å²) in [5, 5.41) is 18.9. The third kappa shape index (κ3) is 3.10. The van der Waals surface area contributed by atoms with Gasteiger partial charge in [0.1, 0.15) is 5.75 Å². The Morgan fingerprint density at radius 2 is 2.27 bits per heavy atom. The van der Waals surface area contributed by atoms with Crippen molar-refractivity contribution < 1.29 is 19.6 Å².